The molecule has 0 saturated heterocycles. The van der Waals surface area contributed by atoms with Crippen LogP contribution in [0.2, 0.25) is 0 Å². The molecule has 4 aliphatic rings. The van der Waals surface area contributed by atoms with Crippen LogP contribution in [-0.4, -0.2) is 25.5 Å². The highest BCUT2D eigenvalue weighted by Gasteiger charge is 2.60. The fourth-order valence-electron chi connectivity index (χ4n) is 5.91. The number of hydrogen-bond acceptors (Lipinski definition) is 1. The van der Waals surface area contributed by atoms with Crippen molar-refractivity contribution in [3.63, 3.8) is 0 Å². The molecule has 0 aromatic rings. The number of allylic oxidation sites excluding steroid dienone is 2. The average Bonchev–Trinajstić information content (AvgIpc) is 3.03. The second kappa shape index (κ2) is 3.60. The maximum Gasteiger partial charge on any atom is -0.00221 e. The van der Waals surface area contributed by atoms with E-state index < -0.39 is 0 Å². The molecule has 0 radical (unpaired) electrons. The first kappa shape index (κ1) is 10.6. The summed E-state index contributed by atoms with van der Waals surface area (Å²) in [6.45, 7) is 1.30. The van der Waals surface area contributed by atoms with Crippen molar-refractivity contribution in [2.24, 2.45) is 41.4 Å². The summed E-state index contributed by atoms with van der Waals surface area (Å²) < 4.78 is 0. The monoisotopic (exact) mass is 231 g/mol. The van der Waals surface area contributed by atoms with E-state index in [0.29, 0.717) is 0 Å². The van der Waals surface area contributed by atoms with Gasteiger partial charge in [0.05, 0.1) is 0 Å². The maximum atomic E-state index is 2.57. The summed E-state index contributed by atoms with van der Waals surface area (Å²) in [6.07, 6.45) is 11.2. The Labute approximate surface area is 105 Å². The zero-order chi connectivity index (χ0) is 11.6. The lowest BCUT2D eigenvalue weighted by atomic mass is 9.69. The summed E-state index contributed by atoms with van der Waals surface area (Å²) in [6, 6.07) is 0. The van der Waals surface area contributed by atoms with Crippen LogP contribution in [0.3, 0.4) is 0 Å². The molecule has 3 fully saturated rings. The van der Waals surface area contributed by atoms with Crippen LogP contribution in [0.5, 0.6) is 0 Å². The van der Waals surface area contributed by atoms with Gasteiger partial charge in [0.2, 0.25) is 0 Å². The van der Waals surface area contributed by atoms with Gasteiger partial charge in [0, 0.05) is 0 Å². The van der Waals surface area contributed by atoms with Gasteiger partial charge in [-0.05, 0) is 87.7 Å². The zero-order valence-electron chi connectivity index (χ0n) is 11.2. The zero-order valence-corrected chi connectivity index (χ0v) is 11.2. The second-order valence-corrected chi connectivity index (χ2v) is 7.35. The molecule has 0 aromatic heterocycles. The summed E-state index contributed by atoms with van der Waals surface area (Å²) >= 11 is 0. The van der Waals surface area contributed by atoms with E-state index in [9.17, 15) is 0 Å². The number of fused-ring (bicyclic) bond motifs is 9. The van der Waals surface area contributed by atoms with Gasteiger partial charge in [-0.25, -0.2) is 0 Å². The lowest BCUT2D eigenvalue weighted by Gasteiger charge is -2.37. The highest BCUT2D eigenvalue weighted by molar-refractivity contribution is 5.20. The van der Waals surface area contributed by atoms with Crippen molar-refractivity contribution in [2.45, 2.75) is 25.7 Å². The minimum absolute atomic E-state index is 0.988. The van der Waals surface area contributed by atoms with E-state index in [-0.39, 0.29) is 0 Å². The van der Waals surface area contributed by atoms with E-state index in [4.69, 9.17) is 0 Å². The SMILES string of the molecule is CN(C)CCC1CC2CC1C1C3C=CC(C3)C21. The van der Waals surface area contributed by atoms with E-state index in [2.05, 4.69) is 31.1 Å². The van der Waals surface area contributed by atoms with Crippen LogP contribution in [0.15, 0.2) is 12.2 Å². The van der Waals surface area contributed by atoms with Crippen LogP contribution in [0.25, 0.3) is 0 Å². The molecule has 1 nitrogen and oxygen atoms in total. The molecule has 94 valence electrons. The third-order valence-corrected chi connectivity index (χ3v) is 6.35. The summed E-state index contributed by atoms with van der Waals surface area (Å²) in [5.41, 5.74) is 0. The van der Waals surface area contributed by atoms with Gasteiger partial charge in [-0.3, -0.25) is 0 Å². The highest BCUT2D eigenvalue weighted by Crippen LogP contribution is 2.67. The molecule has 7 atom stereocenters. The lowest BCUT2D eigenvalue weighted by Crippen LogP contribution is -2.32. The van der Waals surface area contributed by atoms with Crippen molar-refractivity contribution in [3.8, 4) is 0 Å². The first-order valence-electron chi connectivity index (χ1n) is 7.57. The molecule has 0 spiro atoms. The van der Waals surface area contributed by atoms with Crippen LogP contribution < -0.4 is 0 Å². The predicted molar refractivity (Wildman–Crippen MR) is 70.6 cm³/mol. The third kappa shape index (κ3) is 1.41. The lowest BCUT2D eigenvalue weighted by molar-refractivity contribution is 0.137. The van der Waals surface area contributed by atoms with E-state index in [1.807, 2.05) is 0 Å². The topological polar surface area (TPSA) is 3.24 Å². The number of rotatable bonds is 3. The van der Waals surface area contributed by atoms with Crippen molar-refractivity contribution < 1.29 is 0 Å². The van der Waals surface area contributed by atoms with Gasteiger partial charge in [0.15, 0.2) is 0 Å². The van der Waals surface area contributed by atoms with Gasteiger partial charge in [0.1, 0.15) is 0 Å². The van der Waals surface area contributed by atoms with Gasteiger partial charge in [0.25, 0.3) is 0 Å². The first-order valence-corrected chi connectivity index (χ1v) is 7.57. The second-order valence-electron chi connectivity index (χ2n) is 7.35. The van der Waals surface area contributed by atoms with Gasteiger partial charge in [-0.2, -0.15) is 0 Å². The molecule has 17 heavy (non-hydrogen) atoms. The van der Waals surface area contributed by atoms with Gasteiger partial charge < -0.3 is 4.90 Å². The Morgan fingerprint density at radius 2 is 1.76 bits per heavy atom. The minimum Gasteiger partial charge on any atom is -0.309 e. The normalized spacial score (nSPS) is 53.9. The molecule has 4 aliphatic carbocycles. The highest BCUT2D eigenvalue weighted by atomic mass is 15.0. The van der Waals surface area contributed by atoms with Gasteiger partial charge in [-0.1, -0.05) is 12.2 Å². The standard InChI is InChI=1S/C16H25N/c1-17(2)6-5-10-7-13-9-14(10)16-12-4-3-11(8-12)15(13)16/h3-4,10-16H,5-9H2,1-2H3. The molecule has 0 heterocycles. The Balaban J connectivity index is 1.50. The Kier molecular flexibility index (Phi) is 2.25. The van der Waals surface area contributed by atoms with E-state index in [1.165, 1.54) is 19.4 Å². The molecule has 4 bridgehead atoms. The summed E-state index contributed by atoms with van der Waals surface area (Å²) in [5, 5.41) is 0. The van der Waals surface area contributed by atoms with Gasteiger partial charge >= 0.3 is 0 Å². The molecular formula is C16H25N. The van der Waals surface area contributed by atoms with E-state index in [1.54, 1.807) is 12.8 Å². The molecule has 0 N–H and O–H groups in total. The van der Waals surface area contributed by atoms with Crippen molar-refractivity contribution in [1.82, 2.24) is 4.90 Å². The Bertz CT molecular complexity index is 345. The van der Waals surface area contributed by atoms with E-state index >= 15 is 0 Å². The molecule has 4 rings (SSSR count). The number of hydrogen-bond donors (Lipinski definition) is 0. The van der Waals surface area contributed by atoms with Crippen molar-refractivity contribution in [2.75, 3.05) is 20.6 Å². The molecule has 3 saturated carbocycles. The maximum absolute atomic E-state index is 2.57. The predicted octanol–water partition coefficient (Wildman–Crippen LogP) is 3.03. The Morgan fingerprint density at radius 3 is 2.53 bits per heavy atom. The summed E-state index contributed by atoms with van der Waals surface area (Å²) in [7, 11) is 4.44. The molecule has 0 aromatic carbocycles. The fourth-order valence-corrected chi connectivity index (χ4v) is 5.91. The Hall–Kier alpha value is -0.300. The molecular weight excluding hydrogens is 206 g/mol. The molecule has 7 unspecified atom stereocenters. The third-order valence-electron chi connectivity index (χ3n) is 6.35. The molecule has 0 amide bonds. The smallest absolute Gasteiger partial charge is 0.00221 e. The number of nitrogens with zero attached hydrogens (tertiary/aromatic N) is 1. The molecule has 1 heteroatoms. The first-order chi connectivity index (χ1) is 8.24. The van der Waals surface area contributed by atoms with Gasteiger partial charge in [-0.15, -0.1) is 0 Å². The van der Waals surface area contributed by atoms with Crippen LogP contribution >= 0.6 is 0 Å². The summed E-state index contributed by atoms with van der Waals surface area (Å²) in [4.78, 5) is 2.37. The average molecular weight is 231 g/mol. The van der Waals surface area contributed by atoms with Crippen LogP contribution in [0.1, 0.15) is 25.7 Å². The van der Waals surface area contributed by atoms with Crippen molar-refractivity contribution >= 4 is 0 Å². The largest absolute Gasteiger partial charge is 0.309 e. The fraction of sp³-hybridized carbons (Fsp3) is 0.875. The summed E-state index contributed by atoms with van der Waals surface area (Å²) in [5.74, 6) is 7.48. The van der Waals surface area contributed by atoms with E-state index in [0.717, 1.165) is 41.4 Å². The quantitative estimate of drug-likeness (QED) is 0.533. The molecule has 0 aliphatic heterocycles. The van der Waals surface area contributed by atoms with Crippen LogP contribution in [0.4, 0.5) is 0 Å². The van der Waals surface area contributed by atoms with Crippen LogP contribution in [-0.2, 0) is 0 Å². The Morgan fingerprint density at radius 1 is 1.00 bits per heavy atom. The van der Waals surface area contributed by atoms with Crippen LogP contribution in [0, 0.1) is 41.4 Å². The minimum atomic E-state index is 0.988. The van der Waals surface area contributed by atoms with Crippen molar-refractivity contribution in [3.05, 3.63) is 12.2 Å². The van der Waals surface area contributed by atoms with Crippen molar-refractivity contribution in [1.29, 1.82) is 0 Å².